The lowest BCUT2D eigenvalue weighted by molar-refractivity contribution is -0.385. The van der Waals surface area contributed by atoms with Gasteiger partial charge in [0.05, 0.1) is 24.2 Å². The van der Waals surface area contributed by atoms with Gasteiger partial charge in [-0.3, -0.25) is 10.1 Å². The number of nitrogens with zero attached hydrogens (tertiary/aromatic N) is 1. The molecule has 1 aliphatic rings. The molecule has 1 saturated heterocycles. The van der Waals surface area contributed by atoms with Gasteiger partial charge in [0, 0.05) is 17.3 Å². The van der Waals surface area contributed by atoms with Crippen LogP contribution in [0.2, 0.25) is 0 Å². The highest BCUT2D eigenvalue weighted by molar-refractivity contribution is 5.60. The Labute approximate surface area is 118 Å². The molecule has 1 heterocycles. The second-order valence-electron chi connectivity index (χ2n) is 5.57. The number of nitrogens with one attached hydrogen (secondary N) is 1. The van der Waals surface area contributed by atoms with Crippen molar-refractivity contribution in [3.63, 3.8) is 0 Å². The second-order valence-corrected chi connectivity index (χ2v) is 5.57. The minimum atomic E-state index is -0.563. The highest BCUT2D eigenvalue weighted by atomic mass is 16.7. The van der Waals surface area contributed by atoms with Crippen LogP contribution in [0.15, 0.2) is 12.1 Å². The molecule has 0 spiro atoms. The van der Waals surface area contributed by atoms with Crippen molar-refractivity contribution in [3.8, 4) is 0 Å². The van der Waals surface area contributed by atoms with Crippen molar-refractivity contribution in [1.82, 2.24) is 0 Å². The van der Waals surface area contributed by atoms with E-state index in [2.05, 4.69) is 5.32 Å². The van der Waals surface area contributed by atoms with Crippen LogP contribution in [-0.2, 0) is 9.47 Å². The van der Waals surface area contributed by atoms with Crippen molar-refractivity contribution in [2.75, 3.05) is 18.5 Å². The Morgan fingerprint density at radius 1 is 1.25 bits per heavy atom. The predicted molar refractivity (Wildman–Crippen MR) is 76.0 cm³/mol. The summed E-state index contributed by atoms with van der Waals surface area (Å²) in [5, 5.41) is 14.2. The molecule has 6 heteroatoms. The van der Waals surface area contributed by atoms with E-state index in [0.717, 1.165) is 11.3 Å². The molecule has 1 N–H and O–H groups in total. The molecule has 110 valence electrons. The normalized spacial score (nSPS) is 18.8. The van der Waals surface area contributed by atoms with Gasteiger partial charge < -0.3 is 14.8 Å². The molecule has 0 aromatic heterocycles. The average molecular weight is 280 g/mol. The Morgan fingerprint density at radius 2 is 1.85 bits per heavy atom. The van der Waals surface area contributed by atoms with Gasteiger partial charge in [0.25, 0.3) is 5.69 Å². The third-order valence-corrected chi connectivity index (χ3v) is 3.36. The first-order valence-corrected chi connectivity index (χ1v) is 6.58. The van der Waals surface area contributed by atoms with Gasteiger partial charge in [-0.1, -0.05) is 0 Å². The summed E-state index contributed by atoms with van der Waals surface area (Å²) in [7, 11) is 0. The van der Waals surface area contributed by atoms with Gasteiger partial charge in [-0.05, 0) is 39.3 Å². The minimum Gasteiger partial charge on any atom is -0.377 e. The first kappa shape index (κ1) is 14.7. The zero-order valence-electron chi connectivity index (χ0n) is 12.2. The number of ether oxygens (including phenoxy) is 2. The van der Waals surface area contributed by atoms with Gasteiger partial charge in [0.15, 0.2) is 5.79 Å². The molecule has 20 heavy (non-hydrogen) atoms. The van der Waals surface area contributed by atoms with Crippen LogP contribution >= 0.6 is 0 Å². The van der Waals surface area contributed by atoms with Gasteiger partial charge in [-0.25, -0.2) is 0 Å². The van der Waals surface area contributed by atoms with E-state index in [9.17, 15) is 10.1 Å². The van der Waals surface area contributed by atoms with Crippen molar-refractivity contribution < 1.29 is 14.4 Å². The van der Waals surface area contributed by atoms with Crippen molar-refractivity contribution in [2.45, 2.75) is 39.5 Å². The Bertz CT molecular complexity index is 518. The summed E-state index contributed by atoms with van der Waals surface area (Å²) < 4.78 is 11.1. The highest BCUT2D eigenvalue weighted by Crippen LogP contribution is 2.28. The molecule has 1 aromatic carbocycles. The SMILES string of the molecule is Cc1cc(C)c([N+](=O)[O-])cc1NC1COC(C)(C)OC1. The van der Waals surface area contributed by atoms with Crippen LogP contribution in [0.5, 0.6) is 0 Å². The molecule has 1 fully saturated rings. The van der Waals surface area contributed by atoms with Gasteiger partial charge in [-0.2, -0.15) is 0 Å². The molecule has 0 unspecified atom stereocenters. The molecule has 0 aliphatic carbocycles. The maximum atomic E-state index is 11.0. The number of rotatable bonds is 3. The monoisotopic (exact) mass is 280 g/mol. The lowest BCUT2D eigenvalue weighted by Gasteiger charge is -2.35. The number of nitro benzene ring substituents is 1. The maximum Gasteiger partial charge on any atom is 0.274 e. The molecule has 1 aliphatic heterocycles. The predicted octanol–water partition coefficient (Wildman–Crippen LogP) is 2.78. The number of hydrogen-bond donors (Lipinski definition) is 1. The van der Waals surface area contributed by atoms with Crippen molar-refractivity contribution in [1.29, 1.82) is 0 Å². The third-order valence-electron chi connectivity index (χ3n) is 3.36. The largest absolute Gasteiger partial charge is 0.377 e. The van der Waals surface area contributed by atoms with Gasteiger partial charge in [-0.15, -0.1) is 0 Å². The summed E-state index contributed by atoms with van der Waals surface area (Å²) >= 11 is 0. The lowest BCUT2D eigenvalue weighted by atomic mass is 10.1. The van der Waals surface area contributed by atoms with Crippen LogP contribution in [0.4, 0.5) is 11.4 Å². The first-order valence-electron chi connectivity index (χ1n) is 6.58. The summed E-state index contributed by atoms with van der Waals surface area (Å²) in [4.78, 5) is 10.6. The number of aryl methyl sites for hydroxylation is 2. The van der Waals surface area contributed by atoms with E-state index in [4.69, 9.17) is 9.47 Å². The zero-order valence-corrected chi connectivity index (χ0v) is 12.2. The lowest BCUT2D eigenvalue weighted by Crippen LogP contribution is -2.45. The maximum absolute atomic E-state index is 11.0. The van der Waals surface area contributed by atoms with Crippen LogP contribution in [-0.4, -0.2) is 30.0 Å². The summed E-state index contributed by atoms with van der Waals surface area (Å²) in [6.45, 7) is 8.41. The van der Waals surface area contributed by atoms with E-state index < -0.39 is 5.79 Å². The molecular formula is C14H20N2O4. The quantitative estimate of drug-likeness (QED) is 0.680. The summed E-state index contributed by atoms with van der Waals surface area (Å²) in [6.07, 6.45) is 0. The smallest absolute Gasteiger partial charge is 0.274 e. The molecule has 0 radical (unpaired) electrons. The molecule has 2 rings (SSSR count). The number of nitro groups is 1. The standard InChI is InChI=1S/C14H20N2O4/c1-9-5-10(2)13(16(17)18)6-12(9)15-11-7-19-14(3,4)20-8-11/h5-6,11,15H,7-8H2,1-4H3. The van der Waals surface area contributed by atoms with Gasteiger partial charge in [0.1, 0.15) is 0 Å². The van der Waals surface area contributed by atoms with E-state index in [1.54, 1.807) is 13.0 Å². The van der Waals surface area contributed by atoms with Crippen molar-refractivity contribution >= 4 is 11.4 Å². The highest BCUT2D eigenvalue weighted by Gasteiger charge is 2.28. The van der Waals surface area contributed by atoms with E-state index in [-0.39, 0.29) is 16.7 Å². The summed E-state index contributed by atoms with van der Waals surface area (Å²) in [5.41, 5.74) is 2.50. The van der Waals surface area contributed by atoms with Crippen molar-refractivity contribution in [3.05, 3.63) is 33.4 Å². The Hall–Kier alpha value is -1.66. The number of anilines is 1. The van der Waals surface area contributed by atoms with Crippen LogP contribution < -0.4 is 5.32 Å². The topological polar surface area (TPSA) is 73.6 Å². The Morgan fingerprint density at radius 3 is 2.40 bits per heavy atom. The summed E-state index contributed by atoms with van der Waals surface area (Å²) in [5.74, 6) is -0.563. The number of hydrogen-bond acceptors (Lipinski definition) is 5. The zero-order chi connectivity index (χ0) is 14.9. The van der Waals surface area contributed by atoms with Crippen molar-refractivity contribution in [2.24, 2.45) is 0 Å². The number of benzene rings is 1. The van der Waals surface area contributed by atoms with E-state index in [0.29, 0.717) is 18.8 Å². The third kappa shape index (κ3) is 3.26. The van der Waals surface area contributed by atoms with E-state index in [1.807, 2.05) is 26.8 Å². The van der Waals surface area contributed by atoms with E-state index >= 15 is 0 Å². The van der Waals surface area contributed by atoms with Crippen LogP contribution in [0, 0.1) is 24.0 Å². The Balaban J connectivity index is 2.14. The van der Waals surface area contributed by atoms with Crippen LogP contribution in [0.3, 0.4) is 0 Å². The van der Waals surface area contributed by atoms with Crippen LogP contribution in [0.25, 0.3) is 0 Å². The molecule has 6 nitrogen and oxygen atoms in total. The summed E-state index contributed by atoms with van der Waals surface area (Å²) in [6, 6.07) is 3.38. The average Bonchev–Trinajstić information content (AvgIpc) is 2.34. The van der Waals surface area contributed by atoms with Gasteiger partial charge in [0.2, 0.25) is 0 Å². The molecule has 0 bridgehead atoms. The second kappa shape index (κ2) is 5.38. The molecule has 1 aromatic rings. The Kier molecular flexibility index (Phi) is 3.96. The minimum absolute atomic E-state index is 0.0102. The molecule has 0 atom stereocenters. The molecule has 0 amide bonds. The fraction of sp³-hybridized carbons (Fsp3) is 0.571. The molecule has 0 saturated carbocycles. The van der Waals surface area contributed by atoms with Gasteiger partial charge >= 0.3 is 0 Å². The molecular weight excluding hydrogens is 260 g/mol. The first-order chi connectivity index (χ1) is 9.28. The van der Waals surface area contributed by atoms with Crippen LogP contribution in [0.1, 0.15) is 25.0 Å². The fourth-order valence-corrected chi connectivity index (χ4v) is 2.19. The fourth-order valence-electron chi connectivity index (χ4n) is 2.19. The van der Waals surface area contributed by atoms with E-state index in [1.165, 1.54) is 0 Å².